The van der Waals surface area contributed by atoms with Crippen molar-refractivity contribution < 1.29 is 19.4 Å². The zero-order valence-corrected chi connectivity index (χ0v) is 11.7. The molecule has 0 radical (unpaired) electrons. The average Bonchev–Trinajstić information content (AvgIpc) is 2.14. The molecule has 5 nitrogen and oxygen atoms in total. The summed E-state index contributed by atoms with van der Waals surface area (Å²) in [7, 11) is 3.07. The van der Waals surface area contributed by atoms with Gasteiger partial charge in [0, 0.05) is 25.3 Å². The second-order valence-electron chi connectivity index (χ2n) is 5.85. The number of piperidine rings is 1. The van der Waals surface area contributed by atoms with Crippen molar-refractivity contribution in [3.63, 3.8) is 0 Å². The third kappa shape index (κ3) is 3.39. The summed E-state index contributed by atoms with van der Waals surface area (Å²) >= 11 is 0. The van der Waals surface area contributed by atoms with Crippen LogP contribution in [0, 0.1) is 0 Å². The molecule has 0 aromatic heterocycles. The van der Waals surface area contributed by atoms with Crippen LogP contribution in [0.3, 0.4) is 0 Å². The highest BCUT2D eigenvalue weighted by molar-refractivity contribution is 4.96. The van der Waals surface area contributed by atoms with E-state index in [4.69, 9.17) is 14.3 Å². The maximum absolute atomic E-state index is 9.90. The SMILES string of the molecule is COC(OC)ON1C(C)(C)CC(O)CC1(C)C. The zero-order chi connectivity index (χ0) is 13.3. The smallest absolute Gasteiger partial charge is 0.288 e. The predicted octanol–water partition coefficient (Wildman–Crippen LogP) is 1.51. The minimum atomic E-state index is -0.719. The monoisotopic (exact) mass is 247 g/mol. The number of hydroxylamine groups is 2. The van der Waals surface area contributed by atoms with E-state index in [9.17, 15) is 5.11 Å². The number of ether oxygens (including phenoxy) is 2. The zero-order valence-electron chi connectivity index (χ0n) is 11.7. The van der Waals surface area contributed by atoms with Gasteiger partial charge in [-0.25, -0.2) is 4.84 Å². The predicted molar refractivity (Wildman–Crippen MR) is 64.1 cm³/mol. The summed E-state index contributed by atoms with van der Waals surface area (Å²) in [5, 5.41) is 11.8. The molecule has 0 aromatic carbocycles. The van der Waals surface area contributed by atoms with Gasteiger partial charge in [-0.05, 0) is 40.5 Å². The lowest BCUT2D eigenvalue weighted by molar-refractivity contribution is -0.411. The van der Waals surface area contributed by atoms with Crippen molar-refractivity contribution in [1.82, 2.24) is 5.06 Å². The minimum Gasteiger partial charge on any atom is -0.393 e. The first kappa shape index (κ1) is 14.9. The molecule has 0 aliphatic carbocycles. The van der Waals surface area contributed by atoms with Crippen molar-refractivity contribution in [1.29, 1.82) is 0 Å². The molecule has 0 amide bonds. The highest BCUT2D eigenvalue weighted by atomic mass is 16.9. The highest BCUT2D eigenvalue weighted by Crippen LogP contribution is 2.39. The Balaban J connectivity index is 2.84. The third-order valence-electron chi connectivity index (χ3n) is 3.15. The fourth-order valence-electron chi connectivity index (χ4n) is 2.76. The van der Waals surface area contributed by atoms with E-state index in [1.165, 1.54) is 14.2 Å². The molecule has 17 heavy (non-hydrogen) atoms. The van der Waals surface area contributed by atoms with E-state index in [1.807, 2.05) is 32.8 Å². The number of aliphatic hydroxyl groups excluding tert-OH is 1. The van der Waals surface area contributed by atoms with Gasteiger partial charge < -0.3 is 14.6 Å². The Kier molecular flexibility index (Phi) is 4.54. The Morgan fingerprint density at radius 2 is 1.47 bits per heavy atom. The van der Waals surface area contributed by atoms with Crippen molar-refractivity contribution in [2.45, 2.75) is 64.2 Å². The lowest BCUT2D eigenvalue weighted by Crippen LogP contribution is -2.62. The molecule has 1 saturated heterocycles. The second kappa shape index (κ2) is 5.20. The van der Waals surface area contributed by atoms with Gasteiger partial charge in [0.25, 0.3) is 6.48 Å². The van der Waals surface area contributed by atoms with E-state index in [0.29, 0.717) is 12.8 Å². The summed E-state index contributed by atoms with van der Waals surface area (Å²) in [6.45, 7) is 7.45. The fraction of sp³-hybridized carbons (Fsp3) is 1.00. The van der Waals surface area contributed by atoms with Crippen molar-refractivity contribution in [3.05, 3.63) is 0 Å². The van der Waals surface area contributed by atoms with Crippen LogP contribution in [0.5, 0.6) is 0 Å². The van der Waals surface area contributed by atoms with E-state index >= 15 is 0 Å². The summed E-state index contributed by atoms with van der Waals surface area (Å²) in [5.41, 5.74) is -0.535. The molecular formula is C12H25NO4. The van der Waals surface area contributed by atoms with E-state index in [1.54, 1.807) is 0 Å². The van der Waals surface area contributed by atoms with Crippen LogP contribution in [0.25, 0.3) is 0 Å². The van der Waals surface area contributed by atoms with Gasteiger partial charge in [0.15, 0.2) is 0 Å². The van der Waals surface area contributed by atoms with E-state index < -0.39 is 6.48 Å². The summed E-state index contributed by atoms with van der Waals surface area (Å²) in [6, 6.07) is 0. The lowest BCUT2D eigenvalue weighted by atomic mass is 9.80. The van der Waals surface area contributed by atoms with E-state index in [-0.39, 0.29) is 17.2 Å². The molecule has 0 spiro atoms. The van der Waals surface area contributed by atoms with Crippen LogP contribution in [0.1, 0.15) is 40.5 Å². The maximum Gasteiger partial charge on any atom is 0.288 e. The number of aliphatic hydroxyl groups is 1. The Bertz CT molecular complexity index is 233. The summed E-state index contributed by atoms with van der Waals surface area (Å²) < 4.78 is 10.1. The number of methoxy groups -OCH3 is 2. The van der Waals surface area contributed by atoms with Crippen molar-refractivity contribution in [2.24, 2.45) is 0 Å². The van der Waals surface area contributed by atoms with Crippen LogP contribution in [-0.2, 0) is 14.3 Å². The standard InChI is InChI=1S/C12H25NO4/c1-11(2)7-9(14)8-12(3,4)13(11)17-10(15-5)16-6/h9-10,14H,7-8H2,1-6H3. The van der Waals surface area contributed by atoms with Crippen LogP contribution >= 0.6 is 0 Å². The Morgan fingerprint density at radius 3 is 1.82 bits per heavy atom. The first-order chi connectivity index (χ1) is 7.73. The normalized spacial score (nSPS) is 25.4. The van der Waals surface area contributed by atoms with E-state index in [0.717, 1.165) is 0 Å². The Morgan fingerprint density at radius 1 is 1.06 bits per heavy atom. The van der Waals surface area contributed by atoms with Crippen LogP contribution < -0.4 is 0 Å². The first-order valence-corrected chi connectivity index (χ1v) is 5.94. The summed E-state index contributed by atoms with van der Waals surface area (Å²) in [6.07, 6.45) is 1.02. The summed E-state index contributed by atoms with van der Waals surface area (Å²) in [4.78, 5) is 5.75. The van der Waals surface area contributed by atoms with Gasteiger partial charge >= 0.3 is 0 Å². The molecule has 1 heterocycles. The molecule has 0 atom stereocenters. The van der Waals surface area contributed by atoms with Gasteiger partial charge in [-0.3, -0.25) is 0 Å². The topological polar surface area (TPSA) is 51.2 Å². The Labute approximate surface area is 104 Å². The van der Waals surface area contributed by atoms with Gasteiger partial charge in [-0.15, -0.1) is 0 Å². The molecule has 1 rings (SSSR count). The van der Waals surface area contributed by atoms with Gasteiger partial charge in [-0.1, -0.05) is 0 Å². The molecule has 0 bridgehead atoms. The Hall–Kier alpha value is -0.200. The lowest BCUT2D eigenvalue weighted by Gasteiger charge is -2.53. The number of nitrogens with zero attached hydrogens (tertiary/aromatic N) is 1. The molecule has 1 aliphatic heterocycles. The fourth-order valence-corrected chi connectivity index (χ4v) is 2.76. The summed E-state index contributed by atoms with van der Waals surface area (Å²) in [5.74, 6) is 0. The quantitative estimate of drug-likeness (QED) is 0.763. The molecule has 102 valence electrons. The molecule has 5 heteroatoms. The van der Waals surface area contributed by atoms with Crippen molar-refractivity contribution >= 4 is 0 Å². The highest BCUT2D eigenvalue weighted by Gasteiger charge is 2.47. The maximum atomic E-state index is 9.90. The average molecular weight is 247 g/mol. The number of hydrogen-bond acceptors (Lipinski definition) is 5. The van der Waals surface area contributed by atoms with E-state index in [2.05, 4.69) is 0 Å². The number of rotatable bonds is 4. The van der Waals surface area contributed by atoms with Gasteiger partial charge in [0.2, 0.25) is 0 Å². The van der Waals surface area contributed by atoms with Gasteiger partial charge in [-0.2, -0.15) is 5.06 Å². The molecule has 0 saturated carbocycles. The minimum absolute atomic E-state index is 0.267. The molecule has 1 fully saturated rings. The first-order valence-electron chi connectivity index (χ1n) is 5.94. The van der Waals surface area contributed by atoms with Crippen LogP contribution in [0.15, 0.2) is 0 Å². The van der Waals surface area contributed by atoms with Crippen LogP contribution in [0.4, 0.5) is 0 Å². The van der Waals surface area contributed by atoms with Crippen molar-refractivity contribution in [2.75, 3.05) is 14.2 Å². The van der Waals surface area contributed by atoms with Crippen molar-refractivity contribution in [3.8, 4) is 0 Å². The number of hydrogen-bond donors (Lipinski definition) is 1. The van der Waals surface area contributed by atoms with Gasteiger partial charge in [0.1, 0.15) is 0 Å². The van der Waals surface area contributed by atoms with Crippen LogP contribution in [0.2, 0.25) is 0 Å². The molecule has 0 aromatic rings. The second-order valence-corrected chi connectivity index (χ2v) is 5.85. The van der Waals surface area contributed by atoms with Crippen LogP contribution in [-0.4, -0.2) is 48.0 Å². The largest absolute Gasteiger partial charge is 0.393 e. The molecule has 0 unspecified atom stereocenters. The molecule has 1 N–H and O–H groups in total. The third-order valence-corrected chi connectivity index (χ3v) is 3.15. The molecular weight excluding hydrogens is 222 g/mol. The molecule has 1 aliphatic rings. The van der Waals surface area contributed by atoms with Gasteiger partial charge in [0.05, 0.1) is 6.10 Å².